The summed E-state index contributed by atoms with van der Waals surface area (Å²) in [6.45, 7) is 0. The first-order valence-electron chi connectivity index (χ1n) is 7.40. The molecule has 0 atom stereocenters. The molecular weight excluding hydrogens is 244 g/mol. The predicted molar refractivity (Wildman–Crippen MR) is 72.0 cm³/mol. The van der Waals surface area contributed by atoms with E-state index < -0.39 is 11.5 Å². The molecule has 2 amide bonds. The summed E-state index contributed by atoms with van der Waals surface area (Å²) in [5.41, 5.74) is -0.499. The lowest BCUT2D eigenvalue weighted by Gasteiger charge is -2.41. The van der Waals surface area contributed by atoms with Gasteiger partial charge >= 0.3 is 12.0 Å². The van der Waals surface area contributed by atoms with Gasteiger partial charge in [-0.25, -0.2) is 4.79 Å². The van der Waals surface area contributed by atoms with Crippen LogP contribution in [-0.2, 0) is 4.79 Å². The van der Waals surface area contributed by atoms with Crippen LogP contribution < -0.4 is 10.6 Å². The Kier molecular flexibility index (Phi) is 4.66. The number of urea groups is 1. The van der Waals surface area contributed by atoms with Gasteiger partial charge in [0.05, 0.1) is 12.0 Å². The van der Waals surface area contributed by atoms with E-state index in [4.69, 9.17) is 5.11 Å². The number of carbonyl (C=O) groups is 2. The highest BCUT2D eigenvalue weighted by Gasteiger charge is 2.40. The van der Waals surface area contributed by atoms with Crippen LogP contribution in [0.3, 0.4) is 0 Å². The number of nitrogens with one attached hydrogen (secondary N) is 2. The third-order valence-electron chi connectivity index (χ3n) is 4.37. The summed E-state index contributed by atoms with van der Waals surface area (Å²) in [5, 5.41) is 14.8. The number of carboxylic acid groups (broad SMARTS) is 1. The highest BCUT2D eigenvalue weighted by atomic mass is 16.4. The first-order valence-corrected chi connectivity index (χ1v) is 7.40. The quantitative estimate of drug-likeness (QED) is 0.685. The van der Waals surface area contributed by atoms with Crippen molar-refractivity contribution >= 4 is 12.0 Å². The average molecular weight is 268 g/mol. The Morgan fingerprint density at radius 2 is 1.68 bits per heavy atom. The third kappa shape index (κ3) is 4.11. The molecule has 0 heterocycles. The highest BCUT2D eigenvalue weighted by molar-refractivity contribution is 5.77. The van der Waals surface area contributed by atoms with Crippen molar-refractivity contribution in [3.05, 3.63) is 0 Å². The number of hydrogen-bond donors (Lipinski definition) is 3. The maximum atomic E-state index is 12.0. The molecule has 2 aliphatic rings. The number of hydrogen-bond acceptors (Lipinski definition) is 2. The average Bonchev–Trinajstić information content (AvgIpc) is 2.54. The fourth-order valence-corrected chi connectivity index (χ4v) is 3.13. The molecule has 0 bridgehead atoms. The minimum atomic E-state index is -0.838. The zero-order valence-corrected chi connectivity index (χ0v) is 11.4. The lowest BCUT2D eigenvalue weighted by atomic mass is 9.74. The smallest absolute Gasteiger partial charge is 0.315 e. The van der Waals surface area contributed by atoms with Crippen LogP contribution in [0.15, 0.2) is 0 Å². The van der Waals surface area contributed by atoms with Crippen LogP contribution in [0.4, 0.5) is 4.79 Å². The predicted octanol–water partition coefficient (Wildman–Crippen LogP) is 2.41. The first kappa shape index (κ1) is 14.2. The van der Waals surface area contributed by atoms with E-state index in [2.05, 4.69) is 10.6 Å². The minimum absolute atomic E-state index is 0.0328. The van der Waals surface area contributed by atoms with Crippen molar-refractivity contribution in [3.63, 3.8) is 0 Å². The molecule has 0 aromatic carbocycles. The van der Waals surface area contributed by atoms with E-state index in [1.165, 1.54) is 25.7 Å². The molecule has 108 valence electrons. The Hall–Kier alpha value is -1.26. The van der Waals surface area contributed by atoms with E-state index in [0.29, 0.717) is 0 Å². The van der Waals surface area contributed by atoms with E-state index in [-0.39, 0.29) is 18.5 Å². The van der Waals surface area contributed by atoms with Crippen molar-refractivity contribution in [3.8, 4) is 0 Å². The van der Waals surface area contributed by atoms with Crippen LogP contribution in [0.25, 0.3) is 0 Å². The van der Waals surface area contributed by atoms with Crippen molar-refractivity contribution in [2.75, 3.05) is 0 Å². The Morgan fingerprint density at radius 3 is 2.16 bits per heavy atom. The van der Waals surface area contributed by atoms with Crippen LogP contribution in [-0.4, -0.2) is 28.7 Å². The van der Waals surface area contributed by atoms with Crippen LogP contribution in [0.2, 0.25) is 0 Å². The molecule has 2 fully saturated rings. The van der Waals surface area contributed by atoms with Crippen LogP contribution in [0, 0.1) is 0 Å². The molecule has 2 aliphatic carbocycles. The second kappa shape index (κ2) is 6.26. The standard InChI is InChI=1S/C14H24N2O3/c17-12(18)10-14(8-5-9-14)16-13(19)15-11-6-3-1-2-4-7-11/h11H,1-10H2,(H,17,18)(H2,15,16,19). The largest absolute Gasteiger partial charge is 0.481 e. The molecular formula is C14H24N2O3. The summed E-state index contributed by atoms with van der Waals surface area (Å²) in [7, 11) is 0. The van der Waals surface area contributed by atoms with E-state index in [0.717, 1.165) is 32.1 Å². The summed E-state index contributed by atoms with van der Waals surface area (Å²) in [5.74, 6) is -0.838. The van der Waals surface area contributed by atoms with Gasteiger partial charge < -0.3 is 15.7 Å². The molecule has 0 aromatic heterocycles. The molecule has 2 rings (SSSR count). The van der Waals surface area contributed by atoms with Gasteiger partial charge in [0, 0.05) is 6.04 Å². The summed E-state index contributed by atoms with van der Waals surface area (Å²) in [4.78, 5) is 22.9. The molecule has 0 saturated heterocycles. The van der Waals surface area contributed by atoms with Gasteiger partial charge in [-0.15, -0.1) is 0 Å². The second-order valence-corrected chi connectivity index (χ2v) is 5.99. The fraction of sp³-hybridized carbons (Fsp3) is 0.857. The summed E-state index contributed by atoms with van der Waals surface area (Å²) >= 11 is 0. The van der Waals surface area contributed by atoms with Crippen LogP contribution in [0.5, 0.6) is 0 Å². The van der Waals surface area contributed by atoms with Gasteiger partial charge in [-0.2, -0.15) is 0 Å². The monoisotopic (exact) mass is 268 g/mol. The topological polar surface area (TPSA) is 78.4 Å². The number of aliphatic carboxylic acids is 1. The molecule has 5 heteroatoms. The van der Waals surface area contributed by atoms with Gasteiger partial charge in [-0.1, -0.05) is 25.7 Å². The first-order chi connectivity index (χ1) is 9.10. The summed E-state index contributed by atoms with van der Waals surface area (Å²) in [6.07, 6.45) is 9.51. The van der Waals surface area contributed by atoms with Gasteiger partial charge in [0.25, 0.3) is 0 Å². The number of carboxylic acids is 1. The van der Waals surface area contributed by atoms with Crippen LogP contribution in [0.1, 0.15) is 64.2 Å². The minimum Gasteiger partial charge on any atom is -0.481 e. The van der Waals surface area contributed by atoms with E-state index in [9.17, 15) is 9.59 Å². The lowest BCUT2D eigenvalue weighted by molar-refractivity contribution is -0.139. The number of rotatable bonds is 4. The zero-order chi connectivity index (χ0) is 13.7. The molecule has 19 heavy (non-hydrogen) atoms. The maximum Gasteiger partial charge on any atom is 0.315 e. The van der Waals surface area contributed by atoms with Crippen molar-refractivity contribution in [2.45, 2.75) is 75.8 Å². The molecule has 2 saturated carbocycles. The number of carbonyl (C=O) groups excluding carboxylic acids is 1. The SMILES string of the molecule is O=C(O)CC1(NC(=O)NC2CCCCCC2)CCC1. The molecule has 5 nitrogen and oxygen atoms in total. The highest BCUT2D eigenvalue weighted by Crippen LogP contribution is 2.34. The second-order valence-electron chi connectivity index (χ2n) is 5.99. The van der Waals surface area contributed by atoms with E-state index in [1.54, 1.807) is 0 Å². The van der Waals surface area contributed by atoms with E-state index >= 15 is 0 Å². The van der Waals surface area contributed by atoms with Crippen molar-refractivity contribution < 1.29 is 14.7 Å². The van der Waals surface area contributed by atoms with Gasteiger partial charge in [0.1, 0.15) is 0 Å². The van der Waals surface area contributed by atoms with Crippen molar-refractivity contribution in [2.24, 2.45) is 0 Å². The van der Waals surface area contributed by atoms with E-state index in [1.807, 2.05) is 0 Å². The molecule has 0 aliphatic heterocycles. The Morgan fingerprint density at radius 1 is 1.05 bits per heavy atom. The summed E-state index contributed by atoms with van der Waals surface area (Å²) in [6, 6.07) is 0.0669. The van der Waals surface area contributed by atoms with Crippen molar-refractivity contribution in [1.29, 1.82) is 0 Å². The molecule has 0 unspecified atom stereocenters. The maximum absolute atomic E-state index is 12.0. The third-order valence-corrected chi connectivity index (χ3v) is 4.37. The normalized spacial score (nSPS) is 22.9. The van der Waals surface area contributed by atoms with Gasteiger partial charge in [0.15, 0.2) is 0 Å². The Balaban J connectivity index is 1.80. The zero-order valence-electron chi connectivity index (χ0n) is 11.4. The molecule has 0 aromatic rings. The fourth-order valence-electron chi connectivity index (χ4n) is 3.13. The molecule has 3 N–H and O–H groups in total. The summed E-state index contributed by atoms with van der Waals surface area (Å²) < 4.78 is 0. The van der Waals surface area contributed by atoms with Gasteiger partial charge in [0.2, 0.25) is 0 Å². The Bertz CT molecular complexity index is 332. The number of amides is 2. The Labute approximate surface area is 114 Å². The molecule has 0 radical (unpaired) electrons. The lowest BCUT2D eigenvalue weighted by Crippen LogP contribution is -2.58. The van der Waals surface area contributed by atoms with Gasteiger partial charge in [-0.3, -0.25) is 4.79 Å². The molecule has 0 spiro atoms. The van der Waals surface area contributed by atoms with Crippen molar-refractivity contribution in [1.82, 2.24) is 10.6 Å². The van der Waals surface area contributed by atoms with Gasteiger partial charge in [-0.05, 0) is 32.1 Å². The van der Waals surface area contributed by atoms with Crippen LogP contribution >= 0.6 is 0 Å².